The van der Waals surface area contributed by atoms with Gasteiger partial charge in [-0.05, 0) is 30.7 Å². The van der Waals surface area contributed by atoms with Crippen LogP contribution >= 0.6 is 0 Å². The molecule has 3 aromatic rings. The molecule has 19 heavy (non-hydrogen) atoms. The van der Waals surface area contributed by atoms with Crippen molar-refractivity contribution < 1.29 is 4.74 Å². The van der Waals surface area contributed by atoms with Gasteiger partial charge in [0.15, 0.2) is 11.5 Å². The van der Waals surface area contributed by atoms with E-state index in [1.165, 1.54) is 0 Å². The van der Waals surface area contributed by atoms with Crippen LogP contribution in [0.3, 0.4) is 0 Å². The first-order valence-corrected chi connectivity index (χ1v) is 6.02. The van der Waals surface area contributed by atoms with E-state index in [-0.39, 0.29) is 0 Å². The molecule has 0 fully saturated rings. The third-order valence-electron chi connectivity index (χ3n) is 2.98. The van der Waals surface area contributed by atoms with E-state index in [0.29, 0.717) is 18.2 Å². The van der Waals surface area contributed by atoms with Gasteiger partial charge < -0.3 is 10.5 Å². The second-order valence-electron chi connectivity index (χ2n) is 4.31. The molecule has 0 aliphatic carbocycles. The van der Waals surface area contributed by atoms with E-state index in [1.54, 1.807) is 4.40 Å². The van der Waals surface area contributed by atoms with Crippen LogP contribution in [0, 0.1) is 6.92 Å². The van der Waals surface area contributed by atoms with Gasteiger partial charge in [0, 0.05) is 0 Å². The fraction of sp³-hybridized carbons (Fsp3) is 0.143. The van der Waals surface area contributed by atoms with Crippen molar-refractivity contribution in [3.63, 3.8) is 0 Å². The van der Waals surface area contributed by atoms with E-state index in [9.17, 15) is 0 Å². The number of aryl methyl sites for hydroxylation is 1. The van der Waals surface area contributed by atoms with Crippen molar-refractivity contribution in [2.75, 3.05) is 5.73 Å². The number of hydrogen-bond donors (Lipinski definition) is 1. The molecular formula is C14H14N4O. The lowest BCUT2D eigenvalue weighted by Gasteiger charge is -2.08. The molecule has 0 aliphatic heterocycles. The Balaban J connectivity index is 1.89. The number of nitrogen functional groups attached to an aromatic ring is 1. The second kappa shape index (κ2) is 4.61. The molecule has 2 N–H and O–H groups in total. The molecule has 2 aromatic heterocycles. The van der Waals surface area contributed by atoms with Gasteiger partial charge in [-0.2, -0.15) is 0 Å². The SMILES string of the molecule is Cc1ccccc1OCc1nnc2cccc(N)n12. The fourth-order valence-electron chi connectivity index (χ4n) is 1.98. The summed E-state index contributed by atoms with van der Waals surface area (Å²) in [5, 5.41) is 8.18. The molecule has 0 bridgehead atoms. The Kier molecular flexibility index (Phi) is 2.79. The number of hydrogen-bond acceptors (Lipinski definition) is 4. The fourth-order valence-corrected chi connectivity index (χ4v) is 1.98. The predicted octanol–water partition coefficient (Wildman–Crippen LogP) is 2.20. The molecule has 3 rings (SSSR count). The van der Waals surface area contributed by atoms with Crippen molar-refractivity contribution in [2.24, 2.45) is 0 Å². The van der Waals surface area contributed by atoms with Crippen LogP contribution in [0.25, 0.3) is 5.65 Å². The van der Waals surface area contributed by atoms with Crippen LogP contribution in [-0.4, -0.2) is 14.6 Å². The monoisotopic (exact) mass is 254 g/mol. The van der Waals surface area contributed by atoms with Crippen molar-refractivity contribution in [2.45, 2.75) is 13.5 Å². The Hall–Kier alpha value is -2.56. The van der Waals surface area contributed by atoms with Crippen molar-refractivity contribution in [1.29, 1.82) is 0 Å². The molecule has 0 aliphatic rings. The van der Waals surface area contributed by atoms with Crippen LogP contribution in [0.15, 0.2) is 42.5 Å². The number of para-hydroxylation sites is 1. The summed E-state index contributed by atoms with van der Waals surface area (Å²) in [5.41, 5.74) is 7.74. The number of fused-ring (bicyclic) bond motifs is 1. The number of nitrogens with two attached hydrogens (primary N) is 1. The maximum Gasteiger partial charge on any atom is 0.177 e. The molecule has 0 saturated heterocycles. The van der Waals surface area contributed by atoms with Crippen LogP contribution in [0.5, 0.6) is 5.75 Å². The summed E-state index contributed by atoms with van der Waals surface area (Å²) in [7, 11) is 0. The minimum absolute atomic E-state index is 0.334. The predicted molar refractivity (Wildman–Crippen MR) is 72.9 cm³/mol. The number of rotatable bonds is 3. The maximum atomic E-state index is 5.93. The Morgan fingerprint density at radius 2 is 1.95 bits per heavy atom. The highest BCUT2D eigenvalue weighted by Gasteiger charge is 2.08. The summed E-state index contributed by atoms with van der Waals surface area (Å²) < 4.78 is 7.56. The highest BCUT2D eigenvalue weighted by atomic mass is 16.5. The van der Waals surface area contributed by atoms with Crippen LogP contribution in [-0.2, 0) is 6.61 Å². The van der Waals surface area contributed by atoms with E-state index in [1.807, 2.05) is 49.4 Å². The zero-order chi connectivity index (χ0) is 13.2. The van der Waals surface area contributed by atoms with Gasteiger partial charge in [-0.1, -0.05) is 24.3 Å². The first-order chi connectivity index (χ1) is 9.25. The van der Waals surface area contributed by atoms with E-state index in [4.69, 9.17) is 10.5 Å². The normalized spacial score (nSPS) is 10.8. The molecule has 0 unspecified atom stereocenters. The third-order valence-corrected chi connectivity index (χ3v) is 2.98. The lowest BCUT2D eigenvalue weighted by molar-refractivity contribution is 0.292. The van der Waals surface area contributed by atoms with E-state index < -0.39 is 0 Å². The average Bonchev–Trinajstić information content (AvgIpc) is 2.83. The molecule has 0 radical (unpaired) electrons. The summed E-state index contributed by atoms with van der Waals surface area (Å²) in [6.07, 6.45) is 0. The second-order valence-corrected chi connectivity index (χ2v) is 4.31. The van der Waals surface area contributed by atoms with Crippen LogP contribution < -0.4 is 10.5 Å². The number of aromatic nitrogens is 3. The Bertz CT molecular complexity index is 720. The molecular weight excluding hydrogens is 240 g/mol. The van der Waals surface area contributed by atoms with Gasteiger partial charge in [0.25, 0.3) is 0 Å². The summed E-state index contributed by atoms with van der Waals surface area (Å²) >= 11 is 0. The minimum Gasteiger partial charge on any atom is -0.485 e. The lowest BCUT2D eigenvalue weighted by Crippen LogP contribution is -2.05. The van der Waals surface area contributed by atoms with Crippen LogP contribution in [0.4, 0.5) is 5.82 Å². The molecule has 0 atom stereocenters. The van der Waals surface area contributed by atoms with E-state index >= 15 is 0 Å². The van der Waals surface area contributed by atoms with Gasteiger partial charge in [0.1, 0.15) is 18.2 Å². The largest absolute Gasteiger partial charge is 0.485 e. The summed E-state index contributed by atoms with van der Waals surface area (Å²) in [5.74, 6) is 2.14. The number of pyridine rings is 1. The van der Waals surface area contributed by atoms with E-state index in [0.717, 1.165) is 17.0 Å². The molecule has 96 valence electrons. The molecule has 0 amide bonds. The number of ether oxygens (including phenoxy) is 1. The Morgan fingerprint density at radius 3 is 2.79 bits per heavy atom. The van der Waals surface area contributed by atoms with Gasteiger partial charge in [-0.15, -0.1) is 10.2 Å². The number of anilines is 1. The highest BCUT2D eigenvalue weighted by Crippen LogP contribution is 2.18. The summed E-state index contributed by atoms with van der Waals surface area (Å²) in [4.78, 5) is 0. The van der Waals surface area contributed by atoms with Crippen molar-refractivity contribution in [1.82, 2.24) is 14.6 Å². The summed E-state index contributed by atoms with van der Waals surface area (Å²) in [6.45, 7) is 2.34. The van der Waals surface area contributed by atoms with Crippen LogP contribution in [0.1, 0.15) is 11.4 Å². The summed E-state index contributed by atoms with van der Waals surface area (Å²) in [6, 6.07) is 13.4. The molecule has 5 heteroatoms. The average molecular weight is 254 g/mol. The van der Waals surface area contributed by atoms with Crippen molar-refractivity contribution in [3.05, 3.63) is 53.9 Å². The van der Waals surface area contributed by atoms with Gasteiger partial charge in [-0.25, -0.2) is 0 Å². The van der Waals surface area contributed by atoms with Crippen molar-refractivity contribution >= 4 is 11.5 Å². The maximum absolute atomic E-state index is 5.93. The topological polar surface area (TPSA) is 65.4 Å². The number of benzene rings is 1. The van der Waals surface area contributed by atoms with E-state index in [2.05, 4.69) is 10.2 Å². The zero-order valence-electron chi connectivity index (χ0n) is 10.6. The standard InChI is InChI=1S/C14H14N4O/c1-10-5-2-3-6-11(10)19-9-14-17-16-13-8-4-7-12(15)18(13)14/h2-8H,9,15H2,1H3. The Morgan fingerprint density at radius 1 is 1.11 bits per heavy atom. The lowest BCUT2D eigenvalue weighted by atomic mass is 10.2. The van der Waals surface area contributed by atoms with Gasteiger partial charge >= 0.3 is 0 Å². The minimum atomic E-state index is 0.334. The number of nitrogens with zero attached hydrogens (tertiary/aromatic N) is 3. The molecule has 0 saturated carbocycles. The van der Waals surface area contributed by atoms with Gasteiger partial charge in [0.05, 0.1) is 0 Å². The molecule has 2 heterocycles. The van der Waals surface area contributed by atoms with Gasteiger partial charge in [-0.3, -0.25) is 4.40 Å². The molecule has 1 aromatic carbocycles. The quantitative estimate of drug-likeness (QED) is 0.778. The first kappa shape index (κ1) is 11.5. The third kappa shape index (κ3) is 2.10. The first-order valence-electron chi connectivity index (χ1n) is 6.02. The smallest absolute Gasteiger partial charge is 0.177 e. The Labute approximate surface area is 110 Å². The van der Waals surface area contributed by atoms with Gasteiger partial charge in [0.2, 0.25) is 0 Å². The van der Waals surface area contributed by atoms with Crippen LogP contribution in [0.2, 0.25) is 0 Å². The highest BCUT2D eigenvalue weighted by molar-refractivity contribution is 5.47. The zero-order valence-corrected chi connectivity index (χ0v) is 10.6. The molecule has 5 nitrogen and oxygen atoms in total. The van der Waals surface area contributed by atoms with Crippen molar-refractivity contribution in [3.8, 4) is 5.75 Å². The molecule has 0 spiro atoms.